The predicted molar refractivity (Wildman–Crippen MR) is 109 cm³/mol. The van der Waals surface area contributed by atoms with Crippen LogP contribution in [0.15, 0.2) is 65.8 Å². The number of pyridine rings is 1. The Morgan fingerprint density at radius 1 is 1.17 bits per heavy atom. The third kappa shape index (κ3) is 4.90. The average molecular weight is 414 g/mol. The van der Waals surface area contributed by atoms with Gasteiger partial charge < -0.3 is 9.47 Å². The smallest absolute Gasteiger partial charge is 0.307 e. The van der Waals surface area contributed by atoms with Crippen LogP contribution in [-0.4, -0.2) is 33.1 Å². The lowest BCUT2D eigenvalue weighted by Crippen LogP contribution is -2.31. The fraction of sp³-hybridized carbons (Fsp3) is 0.238. The molecular weight excluding hydrogens is 392 g/mol. The molecule has 0 radical (unpaired) electrons. The maximum Gasteiger partial charge on any atom is 0.307 e. The van der Waals surface area contributed by atoms with Crippen molar-refractivity contribution in [2.45, 2.75) is 24.3 Å². The van der Waals surface area contributed by atoms with Gasteiger partial charge in [0.25, 0.3) is 0 Å². The standard InChI is InChI=1S/C21H22N2O5S/c1-3-28-21(24)13-19(15-6-4-8-17(12-15)27-2)23-29(25,26)20-9-5-7-16-14-22-11-10-18(16)20/h4-12,14,19,23H,3,13H2,1-2H3/t19-/m1/s1. The minimum atomic E-state index is -3.94. The Kier molecular flexibility index (Phi) is 6.46. The van der Waals surface area contributed by atoms with Gasteiger partial charge in [0, 0.05) is 23.2 Å². The molecule has 1 atom stereocenters. The van der Waals surface area contributed by atoms with E-state index in [1.165, 1.54) is 13.2 Å². The maximum atomic E-state index is 13.2. The number of rotatable bonds is 8. The minimum absolute atomic E-state index is 0.120. The Hall–Kier alpha value is -2.97. The summed E-state index contributed by atoms with van der Waals surface area (Å²) >= 11 is 0. The van der Waals surface area contributed by atoms with E-state index in [0.29, 0.717) is 22.1 Å². The van der Waals surface area contributed by atoms with Crippen molar-refractivity contribution in [1.29, 1.82) is 0 Å². The molecule has 3 rings (SSSR count). The summed E-state index contributed by atoms with van der Waals surface area (Å²) in [6, 6.07) is 12.7. The molecule has 1 N–H and O–H groups in total. The van der Waals surface area contributed by atoms with Crippen LogP contribution in [0.1, 0.15) is 24.9 Å². The molecule has 152 valence electrons. The van der Waals surface area contributed by atoms with E-state index in [-0.39, 0.29) is 17.9 Å². The van der Waals surface area contributed by atoms with Crippen LogP contribution in [0.4, 0.5) is 0 Å². The topological polar surface area (TPSA) is 94.6 Å². The van der Waals surface area contributed by atoms with Crippen molar-refractivity contribution in [3.8, 4) is 5.75 Å². The fourth-order valence-corrected chi connectivity index (χ4v) is 4.50. The van der Waals surface area contributed by atoms with E-state index in [2.05, 4.69) is 9.71 Å². The number of hydrogen-bond acceptors (Lipinski definition) is 6. The van der Waals surface area contributed by atoms with Gasteiger partial charge in [0.15, 0.2) is 0 Å². The van der Waals surface area contributed by atoms with E-state index in [4.69, 9.17) is 9.47 Å². The molecule has 1 heterocycles. The molecule has 0 bridgehead atoms. The number of carbonyl (C=O) groups excluding carboxylic acids is 1. The average Bonchev–Trinajstić information content (AvgIpc) is 2.73. The number of sulfonamides is 1. The molecule has 0 aliphatic heterocycles. The number of benzene rings is 2. The number of fused-ring (bicyclic) bond motifs is 1. The first-order valence-corrected chi connectivity index (χ1v) is 10.6. The molecule has 0 spiro atoms. The van der Waals surface area contributed by atoms with Gasteiger partial charge >= 0.3 is 5.97 Å². The molecule has 0 saturated carbocycles. The number of hydrogen-bond donors (Lipinski definition) is 1. The van der Waals surface area contributed by atoms with E-state index >= 15 is 0 Å². The van der Waals surface area contributed by atoms with Gasteiger partial charge in [-0.1, -0.05) is 24.3 Å². The zero-order valence-electron chi connectivity index (χ0n) is 16.2. The summed E-state index contributed by atoms with van der Waals surface area (Å²) in [6.45, 7) is 1.92. The number of esters is 1. The first-order valence-electron chi connectivity index (χ1n) is 9.09. The maximum absolute atomic E-state index is 13.2. The van der Waals surface area contributed by atoms with Crippen LogP contribution in [0.25, 0.3) is 10.8 Å². The lowest BCUT2D eigenvalue weighted by Gasteiger charge is -2.20. The van der Waals surface area contributed by atoms with Gasteiger partial charge in [-0.2, -0.15) is 0 Å². The van der Waals surface area contributed by atoms with Gasteiger partial charge in [0.2, 0.25) is 10.0 Å². The van der Waals surface area contributed by atoms with Crippen molar-refractivity contribution >= 4 is 26.8 Å². The molecular formula is C21H22N2O5S. The molecule has 3 aromatic rings. The van der Waals surface area contributed by atoms with Crippen molar-refractivity contribution in [3.63, 3.8) is 0 Å². The van der Waals surface area contributed by atoms with Crippen molar-refractivity contribution in [2.24, 2.45) is 0 Å². The highest BCUT2D eigenvalue weighted by Crippen LogP contribution is 2.27. The second kappa shape index (κ2) is 9.02. The van der Waals surface area contributed by atoms with Crippen LogP contribution in [0.3, 0.4) is 0 Å². The fourth-order valence-electron chi connectivity index (χ4n) is 3.05. The van der Waals surface area contributed by atoms with Crippen LogP contribution >= 0.6 is 0 Å². The lowest BCUT2D eigenvalue weighted by molar-refractivity contribution is -0.143. The largest absolute Gasteiger partial charge is 0.497 e. The Morgan fingerprint density at radius 2 is 1.97 bits per heavy atom. The molecule has 0 amide bonds. The molecule has 0 aliphatic rings. The van der Waals surface area contributed by atoms with Crippen molar-refractivity contribution in [1.82, 2.24) is 9.71 Å². The van der Waals surface area contributed by atoms with E-state index < -0.39 is 22.0 Å². The summed E-state index contributed by atoms with van der Waals surface area (Å²) in [4.78, 5) is 16.3. The monoisotopic (exact) mass is 414 g/mol. The van der Waals surface area contributed by atoms with Crippen LogP contribution in [0.2, 0.25) is 0 Å². The molecule has 1 aromatic heterocycles. The Bertz CT molecular complexity index is 1110. The van der Waals surface area contributed by atoms with Crippen LogP contribution in [0.5, 0.6) is 5.75 Å². The highest BCUT2D eigenvalue weighted by Gasteiger charge is 2.26. The molecule has 0 aliphatic carbocycles. The number of methoxy groups -OCH3 is 1. The number of aromatic nitrogens is 1. The van der Waals surface area contributed by atoms with Gasteiger partial charge in [0.05, 0.1) is 31.1 Å². The first-order chi connectivity index (χ1) is 13.9. The Labute approximate surface area is 169 Å². The summed E-state index contributed by atoms with van der Waals surface area (Å²) in [7, 11) is -2.42. The summed E-state index contributed by atoms with van der Waals surface area (Å²) in [5.41, 5.74) is 0.600. The highest BCUT2D eigenvalue weighted by atomic mass is 32.2. The van der Waals surface area contributed by atoms with E-state index in [1.807, 2.05) is 0 Å². The second-order valence-corrected chi connectivity index (χ2v) is 7.99. The Morgan fingerprint density at radius 3 is 2.72 bits per heavy atom. The predicted octanol–water partition coefficient (Wildman–Crippen LogP) is 3.22. The van der Waals surface area contributed by atoms with Crippen molar-refractivity contribution in [2.75, 3.05) is 13.7 Å². The lowest BCUT2D eigenvalue weighted by atomic mass is 10.0. The SMILES string of the molecule is CCOC(=O)C[C@@H](NS(=O)(=O)c1cccc2cnccc12)c1cccc(OC)c1. The summed E-state index contributed by atoms with van der Waals surface area (Å²) in [5, 5.41) is 1.26. The summed E-state index contributed by atoms with van der Waals surface area (Å²) in [5.74, 6) is 0.0666. The van der Waals surface area contributed by atoms with Crippen LogP contribution < -0.4 is 9.46 Å². The Balaban J connectivity index is 2.00. The minimum Gasteiger partial charge on any atom is -0.497 e. The molecule has 2 aromatic carbocycles. The van der Waals surface area contributed by atoms with Gasteiger partial charge in [-0.3, -0.25) is 9.78 Å². The normalized spacial score (nSPS) is 12.5. The number of ether oxygens (including phenoxy) is 2. The van der Waals surface area contributed by atoms with Gasteiger partial charge in [0.1, 0.15) is 5.75 Å². The van der Waals surface area contributed by atoms with Gasteiger partial charge in [-0.25, -0.2) is 13.1 Å². The van der Waals surface area contributed by atoms with Gasteiger partial charge in [-0.15, -0.1) is 0 Å². The first kappa shape index (κ1) is 20.8. The number of nitrogens with zero attached hydrogens (tertiary/aromatic N) is 1. The van der Waals surface area contributed by atoms with E-state index in [0.717, 1.165) is 0 Å². The van der Waals surface area contributed by atoms with Gasteiger partial charge in [-0.05, 0) is 36.8 Å². The molecule has 0 fully saturated rings. The van der Waals surface area contributed by atoms with Crippen molar-refractivity contribution < 1.29 is 22.7 Å². The zero-order valence-corrected chi connectivity index (χ0v) is 17.0. The van der Waals surface area contributed by atoms with E-state index in [1.54, 1.807) is 61.8 Å². The van der Waals surface area contributed by atoms with Crippen LogP contribution in [-0.2, 0) is 19.6 Å². The zero-order chi connectivity index (χ0) is 20.9. The quantitative estimate of drug-likeness (QED) is 0.569. The molecule has 0 unspecified atom stereocenters. The third-order valence-electron chi connectivity index (χ3n) is 4.40. The molecule has 0 saturated heterocycles. The summed E-state index contributed by atoms with van der Waals surface area (Å²) < 4.78 is 39.3. The molecule has 8 heteroatoms. The second-order valence-electron chi connectivity index (χ2n) is 6.31. The molecule has 29 heavy (non-hydrogen) atoms. The van der Waals surface area contributed by atoms with Crippen molar-refractivity contribution in [3.05, 3.63) is 66.5 Å². The van der Waals surface area contributed by atoms with Crippen LogP contribution in [0, 0.1) is 0 Å². The third-order valence-corrected chi connectivity index (χ3v) is 5.93. The number of carbonyl (C=O) groups is 1. The number of nitrogens with one attached hydrogen (secondary N) is 1. The summed E-state index contributed by atoms with van der Waals surface area (Å²) in [6.07, 6.45) is 3.00. The molecule has 7 nitrogen and oxygen atoms in total. The van der Waals surface area contributed by atoms with E-state index in [9.17, 15) is 13.2 Å². The highest BCUT2D eigenvalue weighted by molar-refractivity contribution is 7.89.